The van der Waals surface area contributed by atoms with Crippen LogP contribution in [0.25, 0.3) is 0 Å². The predicted octanol–water partition coefficient (Wildman–Crippen LogP) is 0.258. The molecular weight excluding hydrogens is 192 g/mol. The van der Waals surface area contributed by atoms with Crippen LogP contribution in [0, 0.1) is 0 Å². The van der Waals surface area contributed by atoms with Gasteiger partial charge >= 0.3 is 10.2 Å². The molecule has 0 aromatic rings. The molecule has 1 saturated heterocycles. The predicted molar refractivity (Wildman–Crippen MR) is 49.1 cm³/mol. The summed E-state index contributed by atoms with van der Waals surface area (Å²) in [5.74, 6) is 0. The van der Waals surface area contributed by atoms with E-state index < -0.39 is 10.2 Å². The normalized spacial score (nSPS) is 21.3. The zero-order chi connectivity index (χ0) is 9.73. The van der Waals surface area contributed by atoms with Crippen molar-refractivity contribution >= 4 is 10.2 Å². The van der Waals surface area contributed by atoms with Crippen LogP contribution in [-0.2, 0) is 15.0 Å². The first-order valence-electron chi connectivity index (χ1n) is 4.57. The van der Waals surface area contributed by atoms with Crippen LogP contribution in [-0.4, -0.2) is 32.6 Å². The van der Waals surface area contributed by atoms with Crippen LogP contribution >= 0.6 is 0 Å². The second kappa shape index (κ2) is 4.90. The Balaban J connectivity index is 2.57. The van der Waals surface area contributed by atoms with Crippen LogP contribution in [0.2, 0.25) is 0 Å². The first-order valence-corrected chi connectivity index (χ1v) is 6.01. The highest BCUT2D eigenvalue weighted by molar-refractivity contribution is 7.87. The lowest BCUT2D eigenvalue weighted by Crippen LogP contribution is -2.40. The number of nitrogens with one attached hydrogen (secondary N) is 1. The van der Waals surface area contributed by atoms with Crippen LogP contribution in [0.3, 0.4) is 0 Å². The highest BCUT2D eigenvalue weighted by Crippen LogP contribution is 2.09. The lowest BCUT2D eigenvalue weighted by molar-refractivity contribution is -0.0758. The van der Waals surface area contributed by atoms with Gasteiger partial charge in [0.1, 0.15) is 0 Å². The highest BCUT2D eigenvalue weighted by Gasteiger charge is 2.22. The maximum absolute atomic E-state index is 11.4. The number of hydrogen-bond acceptors (Lipinski definition) is 3. The first kappa shape index (κ1) is 10.9. The van der Waals surface area contributed by atoms with Gasteiger partial charge in [0, 0.05) is 13.1 Å². The molecule has 0 radical (unpaired) electrons. The molecule has 0 atom stereocenters. The molecule has 1 aliphatic rings. The molecule has 78 valence electrons. The molecule has 0 amide bonds. The zero-order valence-electron chi connectivity index (χ0n) is 7.82. The van der Waals surface area contributed by atoms with Crippen molar-refractivity contribution in [3.63, 3.8) is 0 Å². The molecule has 0 aliphatic carbocycles. The fraction of sp³-hybridized carbons (Fsp3) is 1.00. The standard InChI is InChI=1S/C7H16N2O3S/c1-2-8-13(10,11)9-6-4-3-5-7-12-9/h8H,2-7H2,1H3. The molecule has 13 heavy (non-hydrogen) atoms. The van der Waals surface area contributed by atoms with Crippen molar-refractivity contribution in [2.24, 2.45) is 0 Å². The van der Waals surface area contributed by atoms with Gasteiger partial charge in [-0.3, -0.25) is 4.84 Å². The monoisotopic (exact) mass is 208 g/mol. The number of hydroxylamine groups is 1. The maximum atomic E-state index is 11.4. The molecule has 0 aromatic heterocycles. The topological polar surface area (TPSA) is 58.6 Å². The van der Waals surface area contributed by atoms with Crippen LogP contribution in [0.4, 0.5) is 0 Å². The van der Waals surface area contributed by atoms with Gasteiger partial charge in [0.25, 0.3) is 0 Å². The van der Waals surface area contributed by atoms with Crippen molar-refractivity contribution < 1.29 is 13.3 Å². The van der Waals surface area contributed by atoms with Gasteiger partial charge < -0.3 is 0 Å². The Morgan fingerprint density at radius 1 is 1.38 bits per heavy atom. The largest absolute Gasteiger partial charge is 0.301 e. The Labute approximate surface area is 79.2 Å². The van der Waals surface area contributed by atoms with Crippen molar-refractivity contribution in [3.8, 4) is 0 Å². The van der Waals surface area contributed by atoms with Crippen LogP contribution in [0.15, 0.2) is 0 Å². The molecule has 5 nitrogen and oxygen atoms in total. The summed E-state index contributed by atoms with van der Waals surface area (Å²) in [5, 5.41) is 0. The first-order chi connectivity index (χ1) is 6.17. The smallest absolute Gasteiger partial charge is 0.283 e. The molecule has 1 rings (SSSR count). The average Bonchev–Trinajstić information content (AvgIpc) is 2.31. The highest BCUT2D eigenvalue weighted by atomic mass is 32.2. The minimum atomic E-state index is -3.40. The summed E-state index contributed by atoms with van der Waals surface area (Å²) < 4.78 is 26.3. The van der Waals surface area contributed by atoms with E-state index in [9.17, 15) is 8.42 Å². The van der Waals surface area contributed by atoms with Gasteiger partial charge in [0.15, 0.2) is 0 Å². The SMILES string of the molecule is CCNS(=O)(=O)N1CCCCCO1. The minimum Gasteiger partial charge on any atom is -0.283 e. The number of hydrogen-bond donors (Lipinski definition) is 1. The Kier molecular flexibility index (Phi) is 4.11. The van der Waals surface area contributed by atoms with E-state index in [0.717, 1.165) is 23.7 Å². The summed E-state index contributed by atoms with van der Waals surface area (Å²) in [7, 11) is -3.40. The molecule has 0 unspecified atom stereocenters. The van der Waals surface area contributed by atoms with Crippen molar-refractivity contribution in [2.75, 3.05) is 19.7 Å². The quantitative estimate of drug-likeness (QED) is 0.723. The molecule has 1 fully saturated rings. The fourth-order valence-corrected chi connectivity index (χ4v) is 2.29. The van der Waals surface area contributed by atoms with Gasteiger partial charge in [0.05, 0.1) is 6.61 Å². The Hall–Kier alpha value is -0.170. The molecule has 6 heteroatoms. The Morgan fingerprint density at radius 2 is 2.15 bits per heavy atom. The molecule has 0 bridgehead atoms. The number of rotatable bonds is 3. The van der Waals surface area contributed by atoms with Gasteiger partial charge in [0.2, 0.25) is 0 Å². The third-order valence-electron chi connectivity index (χ3n) is 1.82. The van der Waals surface area contributed by atoms with E-state index in [0.29, 0.717) is 19.7 Å². The number of nitrogens with zero attached hydrogens (tertiary/aromatic N) is 1. The van der Waals surface area contributed by atoms with Crippen LogP contribution < -0.4 is 4.72 Å². The second-order valence-corrected chi connectivity index (χ2v) is 4.57. The summed E-state index contributed by atoms with van der Waals surface area (Å²) in [6.45, 7) is 3.08. The molecular formula is C7H16N2O3S. The van der Waals surface area contributed by atoms with Gasteiger partial charge in [-0.2, -0.15) is 8.42 Å². The van der Waals surface area contributed by atoms with Gasteiger partial charge in [-0.1, -0.05) is 11.4 Å². The summed E-state index contributed by atoms with van der Waals surface area (Å²) >= 11 is 0. The molecule has 0 spiro atoms. The molecule has 1 heterocycles. The van der Waals surface area contributed by atoms with E-state index in [1.807, 2.05) is 0 Å². The molecule has 1 aliphatic heterocycles. The second-order valence-electron chi connectivity index (χ2n) is 2.92. The summed E-state index contributed by atoms with van der Waals surface area (Å²) in [4.78, 5) is 5.10. The van der Waals surface area contributed by atoms with Gasteiger partial charge in [-0.15, -0.1) is 0 Å². The van der Waals surface area contributed by atoms with E-state index in [2.05, 4.69) is 4.72 Å². The van der Waals surface area contributed by atoms with Crippen molar-refractivity contribution in [1.82, 2.24) is 9.19 Å². The Morgan fingerprint density at radius 3 is 2.85 bits per heavy atom. The van der Waals surface area contributed by atoms with Gasteiger partial charge in [-0.25, -0.2) is 4.72 Å². The van der Waals surface area contributed by atoms with Crippen LogP contribution in [0.1, 0.15) is 26.2 Å². The minimum absolute atomic E-state index is 0.391. The fourth-order valence-electron chi connectivity index (χ4n) is 1.19. The summed E-state index contributed by atoms with van der Waals surface area (Å²) in [6.07, 6.45) is 2.82. The zero-order valence-corrected chi connectivity index (χ0v) is 8.64. The van der Waals surface area contributed by atoms with Crippen molar-refractivity contribution in [2.45, 2.75) is 26.2 Å². The third kappa shape index (κ3) is 3.22. The Bertz CT molecular complexity index is 232. The van der Waals surface area contributed by atoms with Crippen LogP contribution in [0.5, 0.6) is 0 Å². The van der Waals surface area contributed by atoms with Crippen molar-refractivity contribution in [3.05, 3.63) is 0 Å². The summed E-state index contributed by atoms with van der Waals surface area (Å²) in [5.41, 5.74) is 0. The van der Waals surface area contributed by atoms with Crippen molar-refractivity contribution in [1.29, 1.82) is 0 Å². The third-order valence-corrected chi connectivity index (χ3v) is 3.29. The molecule has 1 N–H and O–H groups in total. The van der Waals surface area contributed by atoms with E-state index in [1.54, 1.807) is 6.92 Å². The molecule has 0 saturated carbocycles. The van der Waals surface area contributed by atoms with E-state index >= 15 is 0 Å². The van der Waals surface area contributed by atoms with E-state index in [-0.39, 0.29) is 0 Å². The summed E-state index contributed by atoms with van der Waals surface area (Å²) in [6, 6.07) is 0. The van der Waals surface area contributed by atoms with Gasteiger partial charge in [-0.05, 0) is 19.3 Å². The average molecular weight is 208 g/mol. The lowest BCUT2D eigenvalue weighted by Gasteiger charge is -2.18. The lowest BCUT2D eigenvalue weighted by atomic mass is 10.2. The maximum Gasteiger partial charge on any atom is 0.301 e. The van der Waals surface area contributed by atoms with E-state index in [4.69, 9.17) is 4.84 Å². The van der Waals surface area contributed by atoms with E-state index in [1.165, 1.54) is 0 Å². The molecule has 0 aromatic carbocycles.